The monoisotopic (exact) mass is 307 g/mol. The zero-order valence-corrected chi connectivity index (χ0v) is 10.5. The maximum atomic E-state index is 3.61. The highest BCUT2D eigenvalue weighted by atomic mass is 127. The molecule has 0 saturated heterocycles. The second kappa shape index (κ2) is 4.75. The van der Waals surface area contributed by atoms with Crippen LogP contribution in [-0.4, -0.2) is 6.04 Å². The molecule has 1 aliphatic carbocycles. The summed E-state index contributed by atoms with van der Waals surface area (Å²) in [6.45, 7) is 1.06. The molecule has 13 heavy (non-hydrogen) atoms. The summed E-state index contributed by atoms with van der Waals surface area (Å²) >= 11 is 4.21. The summed E-state index contributed by atoms with van der Waals surface area (Å²) in [5, 5.41) is 5.87. The van der Waals surface area contributed by atoms with Crippen LogP contribution in [0.4, 0.5) is 0 Å². The molecule has 0 radical (unpaired) electrons. The smallest absolute Gasteiger partial charge is 0.0656 e. The molecule has 1 fully saturated rings. The lowest BCUT2D eigenvalue weighted by molar-refractivity contribution is 0.525. The highest BCUT2D eigenvalue weighted by molar-refractivity contribution is 14.1. The van der Waals surface area contributed by atoms with Crippen molar-refractivity contribution in [2.75, 3.05) is 0 Å². The molecule has 0 spiro atoms. The van der Waals surface area contributed by atoms with Crippen molar-refractivity contribution in [3.8, 4) is 0 Å². The van der Waals surface area contributed by atoms with E-state index in [2.05, 4.69) is 39.4 Å². The maximum Gasteiger partial charge on any atom is 0.0656 e. The lowest BCUT2D eigenvalue weighted by Crippen LogP contribution is -2.24. The van der Waals surface area contributed by atoms with Crippen LogP contribution in [0.2, 0.25) is 0 Å². The average Bonchev–Trinajstić information content (AvgIpc) is 2.71. The predicted molar refractivity (Wildman–Crippen MR) is 66.1 cm³/mol. The minimum absolute atomic E-state index is 0.789. The second-order valence-corrected chi connectivity index (χ2v) is 6.43. The molecule has 0 aliphatic heterocycles. The molecule has 0 aromatic carbocycles. The lowest BCUT2D eigenvalue weighted by Gasteiger charge is -2.09. The van der Waals surface area contributed by atoms with Gasteiger partial charge in [-0.05, 0) is 52.4 Å². The lowest BCUT2D eigenvalue weighted by atomic mass is 10.2. The van der Waals surface area contributed by atoms with Gasteiger partial charge in [0.25, 0.3) is 0 Å². The van der Waals surface area contributed by atoms with Crippen molar-refractivity contribution >= 4 is 33.9 Å². The van der Waals surface area contributed by atoms with E-state index in [1.165, 1.54) is 34.1 Å². The third-order valence-corrected chi connectivity index (χ3v) is 4.41. The van der Waals surface area contributed by atoms with Gasteiger partial charge in [0.05, 0.1) is 2.88 Å². The topological polar surface area (TPSA) is 12.0 Å². The first-order valence-electron chi connectivity index (χ1n) is 4.81. The summed E-state index contributed by atoms with van der Waals surface area (Å²) in [5.41, 5.74) is 1.45. The first-order chi connectivity index (χ1) is 6.34. The van der Waals surface area contributed by atoms with Gasteiger partial charge in [-0.25, -0.2) is 0 Å². The average molecular weight is 307 g/mol. The van der Waals surface area contributed by atoms with Crippen LogP contribution >= 0.6 is 33.9 Å². The van der Waals surface area contributed by atoms with Crippen molar-refractivity contribution in [2.24, 2.45) is 0 Å². The van der Waals surface area contributed by atoms with E-state index in [1.54, 1.807) is 0 Å². The summed E-state index contributed by atoms with van der Waals surface area (Å²) in [7, 11) is 0. The molecule has 72 valence electrons. The number of hydrogen-bond acceptors (Lipinski definition) is 2. The van der Waals surface area contributed by atoms with Gasteiger partial charge >= 0.3 is 0 Å². The largest absolute Gasteiger partial charge is 0.310 e. The molecule has 3 heteroatoms. The molecule has 1 aromatic heterocycles. The standard InChI is InChI=1S/C10H14INS/c11-10-5-8(7-13-10)6-12-9-3-1-2-4-9/h5,7,9,12H,1-4,6H2. The molecular weight excluding hydrogens is 293 g/mol. The van der Waals surface area contributed by atoms with Crippen LogP contribution in [-0.2, 0) is 6.54 Å². The van der Waals surface area contributed by atoms with E-state index in [4.69, 9.17) is 0 Å². The van der Waals surface area contributed by atoms with Gasteiger partial charge in [0.1, 0.15) is 0 Å². The molecule has 1 heterocycles. The molecule has 0 bridgehead atoms. The Morgan fingerprint density at radius 3 is 2.85 bits per heavy atom. The molecular formula is C10H14INS. The number of nitrogens with one attached hydrogen (secondary N) is 1. The minimum Gasteiger partial charge on any atom is -0.310 e. The van der Waals surface area contributed by atoms with E-state index in [9.17, 15) is 0 Å². The Bertz CT molecular complexity index is 266. The van der Waals surface area contributed by atoms with Crippen LogP contribution in [0.3, 0.4) is 0 Å². The second-order valence-electron chi connectivity index (χ2n) is 3.62. The third-order valence-electron chi connectivity index (χ3n) is 2.57. The summed E-state index contributed by atoms with van der Waals surface area (Å²) in [5.74, 6) is 0. The van der Waals surface area contributed by atoms with Crippen molar-refractivity contribution in [3.05, 3.63) is 19.9 Å². The highest BCUT2D eigenvalue weighted by Gasteiger charge is 2.13. The molecule has 1 N–H and O–H groups in total. The van der Waals surface area contributed by atoms with Crippen LogP contribution in [0.25, 0.3) is 0 Å². The maximum absolute atomic E-state index is 3.61. The number of rotatable bonds is 3. The first kappa shape index (κ1) is 9.93. The van der Waals surface area contributed by atoms with Crippen LogP contribution in [0.15, 0.2) is 11.4 Å². The van der Waals surface area contributed by atoms with Gasteiger partial charge in [-0.2, -0.15) is 0 Å². The van der Waals surface area contributed by atoms with E-state index >= 15 is 0 Å². The van der Waals surface area contributed by atoms with Crippen molar-refractivity contribution in [2.45, 2.75) is 38.3 Å². The van der Waals surface area contributed by atoms with Gasteiger partial charge in [-0.1, -0.05) is 12.8 Å². The summed E-state index contributed by atoms with van der Waals surface area (Å²) in [6, 6.07) is 3.06. The number of halogens is 1. The minimum atomic E-state index is 0.789. The predicted octanol–water partition coefficient (Wildman–Crippen LogP) is 3.38. The Labute approximate surface area is 97.1 Å². The molecule has 0 amide bonds. The van der Waals surface area contributed by atoms with E-state index in [0.717, 1.165) is 12.6 Å². The van der Waals surface area contributed by atoms with Crippen LogP contribution in [0.5, 0.6) is 0 Å². The molecule has 1 aromatic rings. The van der Waals surface area contributed by atoms with Gasteiger partial charge in [-0.3, -0.25) is 0 Å². The molecule has 0 atom stereocenters. The zero-order valence-electron chi connectivity index (χ0n) is 7.55. The van der Waals surface area contributed by atoms with Gasteiger partial charge in [0, 0.05) is 12.6 Å². The van der Waals surface area contributed by atoms with Gasteiger partial charge < -0.3 is 5.32 Å². The number of hydrogen-bond donors (Lipinski definition) is 1. The SMILES string of the molecule is Ic1cc(CNC2CCCC2)cs1. The van der Waals surface area contributed by atoms with E-state index < -0.39 is 0 Å². The van der Waals surface area contributed by atoms with Crippen molar-refractivity contribution in [1.29, 1.82) is 0 Å². The van der Waals surface area contributed by atoms with Gasteiger partial charge in [-0.15, -0.1) is 11.3 Å². The quantitative estimate of drug-likeness (QED) is 0.844. The Balaban J connectivity index is 1.78. The highest BCUT2D eigenvalue weighted by Crippen LogP contribution is 2.20. The van der Waals surface area contributed by atoms with Crippen LogP contribution in [0.1, 0.15) is 31.2 Å². The van der Waals surface area contributed by atoms with E-state index in [0.29, 0.717) is 0 Å². The summed E-state index contributed by atoms with van der Waals surface area (Å²) in [6.07, 6.45) is 5.58. The Hall–Kier alpha value is 0.390. The Morgan fingerprint density at radius 1 is 1.46 bits per heavy atom. The van der Waals surface area contributed by atoms with Crippen LogP contribution in [0, 0.1) is 2.88 Å². The molecule has 0 unspecified atom stereocenters. The zero-order chi connectivity index (χ0) is 9.10. The molecule has 1 saturated carbocycles. The fourth-order valence-corrected chi connectivity index (χ4v) is 3.25. The van der Waals surface area contributed by atoms with Crippen LogP contribution < -0.4 is 5.32 Å². The Morgan fingerprint density at radius 2 is 2.23 bits per heavy atom. The normalized spacial score (nSPS) is 18.2. The Kier molecular flexibility index (Phi) is 3.63. The van der Waals surface area contributed by atoms with E-state index in [1.807, 2.05) is 11.3 Å². The fourth-order valence-electron chi connectivity index (χ4n) is 1.83. The first-order valence-corrected chi connectivity index (χ1v) is 6.77. The van der Waals surface area contributed by atoms with Gasteiger partial charge in [0.15, 0.2) is 0 Å². The fraction of sp³-hybridized carbons (Fsp3) is 0.600. The van der Waals surface area contributed by atoms with Gasteiger partial charge in [0.2, 0.25) is 0 Å². The van der Waals surface area contributed by atoms with E-state index in [-0.39, 0.29) is 0 Å². The van der Waals surface area contributed by atoms with Crippen molar-refractivity contribution in [3.63, 3.8) is 0 Å². The van der Waals surface area contributed by atoms with Crippen molar-refractivity contribution < 1.29 is 0 Å². The molecule has 2 rings (SSSR count). The number of thiophene rings is 1. The molecule has 1 aliphatic rings. The summed E-state index contributed by atoms with van der Waals surface area (Å²) in [4.78, 5) is 0. The molecule has 1 nitrogen and oxygen atoms in total. The summed E-state index contributed by atoms with van der Waals surface area (Å²) < 4.78 is 1.39. The van der Waals surface area contributed by atoms with Crippen molar-refractivity contribution in [1.82, 2.24) is 5.32 Å². The third kappa shape index (κ3) is 2.92.